The van der Waals surface area contributed by atoms with Crippen molar-refractivity contribution in [2.24, 2.45) is 0 Å². The maximum atomic E-state index is 12.3. The quantitative estimate of drug-likeness (QED) is 0.801. The van der Waals surface area contributed by atoms with E-state index in [4.69, 9.17) is 9.47 Å². The molecule has 120 valence electrons. The SMILES string of the molecule is COc1ccc([C@@]2(O)c3c(O)cccc3NC(=O)[C@@H]2OC)cc1. The van der Waals surface area contributed by atoms with Crippen LogP contribution < -0.4 is 10.1 Å². The molecule has 0 bridgehead atoms. The highest BCUT2D eigenvalue weighted by Crippen LogP contribution is 2.46. The molecule has 0 aromatic heterocycles. The van der Waals surface area contributed by atoms with Crippen LogP contribution in [0.4, 0.5) is 5.69 Å². The molecule has 1 aliphatic heterocycles. The summed E-state index contributed by atoms with van der Waals surface area (Å²) >= 11 is 0. The molecule has 0 saturated heterocycles. The summed E-state index contributed by atoms with van der Waals surface area (Å²) in [5.74, 6) is 0.0101. The highest BCUT2D eigenvalue weighted by molar-refractivity contribution is 6.00. The first-order valence-corrected chi connectivity index (χ1v) is 7.05. The molecule has 2 aromatic rings. The van der Waals surface area contributed by atoms with E-state index in [0.29, 0.717) is 17.0 Å². The third-order valence-electron chi connectivity index (χ3n) is 4.06. The van der Waals surface area contributed by atoms with Gasteiger partial charge in [0.2, 0.25) is 0 Å². The van der Waals surface area contributed by atoms with E-state index in [1.165, 1.54) is 20.3 Å². The van der Waals surface area contributed by atoms with Gasteiger partial charge in [0.25, 0.3) is 5.91 Å². The minimum atomic E-state index is -1.82. The van der Waals surface area contributed by atoms with Gasteiger partial charge in [-0.15, -0.1) is 0 Å². The van der Waals surface area contributed by atoms with Crippen LogP contribution in [0, 0.1) is 0 Å². The Kier molecular flexibility index (Phi) is 3.71. The van der Waals surface area contributed by atoms with E-state index >= 15 is 0 Å². The zero-order valence-corrected chi connectivity index (χ0v) is 12.7. The number of amides is 1. The summed E-state index contributed by atoms with van der Waals surface area (Å²) < 4.78 is 10.4. The summed E-state index contributed by atoms with van der Waals surface area (Å²) in [6.45, 7) is 0. The molecule has 0 spiro atoms. The van der Waals surface area contributed by atoms with Crippen LogP contribution in [0.1, 0.15) is 11.1 Å². The number of hydrogen-bond donors (Lipinski definition) is 3. The van der Waals surface area contributed by atoms with Gasteiger partial charge in [0.15, 0.2) is 11.7 Å². The van der Waals surface area contributed by atoms with Gasteiger partial charge < -0.3 is 25.0 Å². The zero-order chi connectivity index (χ0) is 16.6. The Hall–Kier alpha value is -2.57. The van der Waals surface area contributed by atoms with Crippen molar-refractivity contribution in [2.45, 2.75) is 11.7 Å². The number of phenols is 1. The van der Waals surface area contributed by atoms with Crippen molar-refractivity contribution in [3.05, 3.63) is 53.6 Å². The van der Waals surface area contributed by atoms with Crippen molar-refractivity contribution in [2.75, 3.05) is 19.5 Å². The lowest BCUT2D eigenvalue weighted by Gasteiger charge is -2.40. The van der Waals surface area contributed by atoms with Crippen LogP contribution in [0.2, 0.25) is 0 Å². The molecule has 1 amide bonds. The molecule has 2 aromatic carbocycles. The second-order valence-corrected chi connectivity index (χ2v) is 5.30. The highest BCUT2D eigenvalue weighted by Gasteiger charge is 2.51. The van der Waals surface area contributed by atoms with Crippen LogP contribution in [-0.4, -0.2) is 36.4 Å². The molecule has 1 heterocycles. The number of ether oxygens (including phenoxy) is 2. The molecule has 0 aliphatic carbocycles. The molecular weight excluding hydrogens is 298 g/mol. The first-order valence-electron chi connectivity index (χ1n) is 7.05. The number of fused-ring (bicyclic) bond motifs is 1. The van der Waals surface area contributed by atoms with Crippen LogP contribution in [0.5, 0.6) is 11.5 Å². The lowest BCUT2D eigenvalue weighted by molar-refractivity contribution is -0.142. The number of nitrogens with one attached hydrogen (secondary N) is 1. The fourth-order valence-corrected chi connectivity index (χ4v) is 2.98. The van der Waals surface area contributed by atoms with Gasteiger partial charge in [-0.3, -0.25) is 4.79 Å². The monoisotopic (exact) mass is 315 g/mol. The molecule has 3 N–H and O–H groups in total. The molecular formula is C17H17NO5. The number of carbonyl (C=O) groups is 1. The lowest BCUT2D eigenvalue weighted by Crippen LogP contribution is -2.52. The summed E-state index contributed by atoms with van der Waals surface area (Å²) in [5, 5.41) is 24.3. The van der Waals surface area contributed by atoms with Crippen LogP contribution in [0.25, 0.3) is 0 Å². The topological polar surface area (TPSA) is 88.0 Å². The highest BCUT2D eigenvalue weighted by atomic mass is 16.5. The summed E-state index contributed by atoms with van der Waals surface area (Å²) in [6.07, 6.45) is -1.20. The smallest absolute Gasteiger partial charge is 0.257 e. The standard InChI is InChI=1S/C17H17NO5/c1-22-11-8-6-10(7-9-11)17(21)14-12(4-3-5-13(14)19)18-16(20)15(17)23-2/h3-9,15,19,21H,1-2H3,(H,18,20)/t15-,17+/m0/s1. The minimum Gasteiger partial charge on any atom is -0.507 e. The number of benzene rings is 2. The molecule has 1 aliphatic rings. The third kappa shape index (κ3) is 2.23. The van der Waals surface area contributed by atoms with Crippen molar-refractivity contribution in [3.8, 4) is 11.5 Å². The number of aromatic hydroxyl groups is 1. The Balaban J connectivity index is 2.25. The predicted octanol–water partition coefficient (Wildman–Crippen LogP) is 1.60. The van der Waals surface area contributed by atoms with Crippen molar-refractivity contribution >= 4 is 11.6 Å². The van der Waals surface area contributed by atoms with Crippen molar-refractivity contribution in [1.29, 1.82) is 0 Å². The molecule has 0 fully saturated rings. The predicted molar refractivity (Wildman–Crippen MR) is 83.5 cm³/mol. The summed E-state index contributed by atoms with van der Waals surface area (Å²) in [6, 6.07) is 11.3. The second-order valence-electron chi connectivity index (χ2n) is 5.30. The van der Waals surface area contributed by atoms with Crippen LogP contribution in [-0.2, 0) is 15.1 Å². The molecule has 0 radical (unpaired) electrons. The van der Waals surface area contributed by atoms with Gasteiger partial charge >= 0.3 is 0 Å². The van der Waals surface area contributed by atoms with E-state index in [0.717, 1.165) is 0 Å². The number of hydrogen-bond acceptors (Lipinski definition) is 5. The first kappa shape index (κ1) is 15.3. The number of anilines is 1. The zero-order valence-electron chi connectivity index (χ0n) is 12.7. The Morgan fingerprint density at radius 3 is 2.43 bits per heavy atom. The van der Waals surface area contributed by atoms with Gasteiger partial charge in [-0.05, 0) is 29.8 Å². The first-order chi connectivity index (χ1) is 11.0. The number of aliphatic hydroxyl groups is 1. The summed E-state index contributed by atoms with van der Waals surface area (Å²) in [4.78, 5) is 12.3. The maximum absolute atomic E-state index is 12.3. The van der Waals surface area contributed by atoms with Gasteiger partial charge in [0, 0.05) is 7.11 Å². The number of rotatable bonds is 3. The minimum absolute atomic E-state index is 0.122. The average Bonchev–Trinajstić information content (AvgIpc) is 2.55. The van der Waals surface area contributed by atoms with Crippen LogP contribution in [0.3, 0.4) is 0 Å². The summed E-state index contributed by atoms with van der Waals surface area (Å²) in [5.41, 5.74) is -0.842. The van der Waals surface area contributed by atoms with E-state index in [1.54, 1.807) is 36.4 Å². The van der Waals surface area contributed by atoms with Crippen LogP contribution >= 0.6 is 0 Å². The molecule has 3 rings (SSSR count). The Labute approximate surface area is 133 Å². The Morgan fingerprint density at radius 2 is 1.83 bits per heavy atom. The number of phenolic OH excluding ortho intramolecular Hbond substituents is 1. The van der Waals surface area contributed by atoms with Gasteiger partial charge in [0.1, 0.15) is 11.5 Å². The molecule has 0 unspecified atom stereocenters. The lowest BCUT2D eigenvalue weighted by atomic mass is 9.77. The van der Waals surface area contributed by atoms with Gasteiger partial charge in [-0.25, -0.2) is 0 Å². The molecule has 6 nitrogen and oxygen atoms in total. The molecule has 23 heavy (non-hydrogen) atoms. The van der Waals surface area contributed by atoms with E-state index in [9.17, 15) is 15.0 Å². The normalized spacial score (nSPS) is 23.1. The fourth-order valence-electron chi connectivity index (χ4n) is 2.98. The molecule has 2 atom stereocenters. The largest absolute Gasteiger partial charge is 0.507 e. The average molecular weight is 315 g/mol. The number of methoxy groups -OCH3 is 2. The van der Waals surface area contributed by atoms with E-state index < -0.39 is 17.6 Å². The molecule has 6 heteroatoms. The Morgan fingerprint density at radius 1 is 1.13 bits per heavy atom. The van der Waals surface area contributed by atoms with Gasteiger partial charge in [-0.2, -0.15) is 0 Å². The van der Waals surface area contributed by atoms with E-state index in [-0.39, 0.29) is 11.3 Å². The third-order valence-corrected chi connectivity index (χ3v) is 4.06. The van der Waals surface area contributed by atoms with E-state index in [1.807, 2.05) is 0 Å². The van der Waals surface area contributed by atoms with Crippen molar-refractivity contribution in [3.63, 3.8) is 0 Å². The second kappa shape index (κ2) is 5.57. The van der Waals surface area contributed by atoms with E-state index in [2.05, 4.69) is 5.32 Å². The number of carbonyl (C=O) groups excluding carboxylic acids is 1. The van der Waals surface area contributed by atoms with Gasteiger partial charge in [0.05, 0.1) is 18.4 Å². The van der Waals surface area contributed by atoms with Gasteiger partial charge in [-0.1, -0.05) is 18.2 Å². The van der Waals surface area contributed by atoms with Crippen LogP contribution in [0.15, 0.2) is 42.5 Å². The summed E-state index contributed by atoms with van der Waals surface area (Å²) in [7, 11) is 2.88. The molecule has 0 saturated carbocycles. The van der Waals surface area contributed by atoms with Crippen molar-refractivity contribution < 1.29 is 24.5 Å². The van der Waals surface area contributed by atoms with Crippen molar-refractivity contribution in [1.82, 2.24) is 0 Å². The Bertz CT molecular complexity index is 743. The maximum Gasteiger partial charge on any atom is 0.257 e. The fraction of sp³-hybridized carbons (Fsp3) is 0.235.